The van der Waals surface area contributed by atoms with Crippen molar-refractivity contribution < 1.29 is 9.53 Å². The lowest BCUT2D eigenvalue weighted by atomic mass is 10.0. The van der Waals surface area contributed by atoms with Gasteiger partial charge in [0.1, 0.15) is 0 Å². The number of ether oxygens (including phenoxy) is 1. The van der Waals surface area contributed by atoms with Crippen molar-refractivity contribution in [1.29, 1.82) is 0 Å². The molecule has 1 saturated carbocycles. The van der Waals surface area contributed by atoms with Gasteiger partial charge in [0.2, 0.25) is 0 Å². The number of hydrogen-bond donors (Lipinski definition) is 1. The molecule has 0 atom stereocenters. The van der Waals surface area contributed by atoms with Gasteiger partial charge < -0.3 is 10.1 Å². The van der Waals surface area contributed by atoms with Crippen LogP contribution in [0.25, 0.3) is 0 Å². The number of rotatable bonds is 6. The van der Waals surface area contributed by atoms with E-state index in [0.29, 0.717) is 5.41 Å². The molecule has 1 amide bonds. The molecule has 0 saturated heterocycles. The lowest BCUT2D eigenvalue weighted by Gasteiger charge is -2.15. The van der Waals surface area contributed by atoms with Crippen LogP contribution in [-0.2, 0) is 4.74 Å². The van der Waals surface area contributed by atoms with E-state index in [1.54, 1.807) is 7.11 Å². The van der Waals surface area contributed by atoms with Crippen molar-refractivity contribution in [3.8, 4) is 0 Å². The van der Waals surface area contributed by atoms with Crippen LogP contribution in [0.15, 0.2) is 30.3 Å². The molecular formula is C14H19NO2. The van der Waals surface area contributed by atoms with E-state index in [4.69, 9.17) is 4.74 Å². The first-order valence-corrected chi connectivity index (χ1v) is 6.08. The van der Waals surface area contributed by atoms with Crippen LogP contribution in [0, 0.1) is 5.41 Å². The van der Waals surface area contributed by atoms with Gasteiger partial charge in [-0.05, 0) is 36.8 Å². The SMILES string of the molecule is COCCC1(CNC(=O)c2ccccc2)CC1. The number of carbonyl (C=O) groups excluding carboxylic acids is 1. The van der Waals surface area contributed by atoms with Gasteiger partial charge in [0, 0.05) is 25.8 Å². The first-order chi connectivity index (χ1) is 8.26. The minimum Gasteiger partial charge on any atom is -0.385 e. The maximum atomic E-state index is 11.9. The smallest absolute Gasteiger partial charge is 0.251 e. The van der Waals surface area contributed by atoms with Gasteiger partial charge in [-0.15, -0.1) is 0 Å². The monoisotopic (exact) mass is 233 g/mol. The van der Waals surface area contributed by atoms with E-state index in [1.807, 2.05) is 30.3 Å². The molecule has 1 aromatic carbocycles. The van der Waals surface area contributed by atoms with E-state index in [-0.39, 0.29) is 5.91 Å². The molecule has 0 aromatic heterocycles. The summed E-state index contributed by atoms with van der Waals surface area (Å²) in [6.45, 7) is 1.55. The molecule has 0 spiro atoms. The van der Waals surface area contributed by atoms with Crippen LogP contribution < -0.4 is 5.32 Å². The normalized spacial score (nSPS) is 16.5. The first-order valence-electron chi connectivity index (χ1n) is 6.08. The van der Waals surface area contributed by atoms with E-state index in [0.717, 1.165) is 25.1 Å². The molecular weight excluding hydrogens is 214 g/mol. The third-order valence-electron chi connectivity index (χ3n) is 3.45. The zero-order chi connectivity index (χ0) is 12.1. The van der Waals surface area contributed by atoms with Crippen LogP contribution in [-0.4, -0.2) is 26.2 Å². The number of methoxy groups -OCH3 is 1. The van der Waals surface area contributed by atoms with Crippen LogP contribution >= 0.6 is 0 Å². The van der Waals surface area contributed by atoms with Crippen molar-refractivity contribution in [3.05, 3.63) is 35.9 Å². The van der Waals surface area contributed by atoms with Crippen molar-refractivity contribution in [1.82, 2.24) is 5.32 Å². The van der Waals surface area contributed by atoms with Gasteiger partial charge in [0.25, 0.3) is 5.91 Å². The van der Waals surface area contributed by atoms with Crippen molar-refractivity contribution in [2.45, 2.75) is 19.3 Å². The topological polar surface area (TPSA) is 38.3 Å². The van der Waals surface area contributed by atoms with Gasteiger partial charge in [-0.1, -0.05) is 18.2 Å². The molecule has 0 aliphatic heterocycles. The third-order valence-corrected chi connectivity index (χ3v) is 3.45. The second-order valence-corrected chi connectivity index (χ2v) is 4.79. The Bertz CT molecular complexity index is 371. The van der Waals surface area contributed by atoms with E-state index < -0.39 is 0 Å². The molecule has 17 heavy (non-hydrogen) atoms. The molecule has 92 valence electrons. The third kappa shape index (κ3) is 3.30. The molecule has 1 N–H and O–H groups in total. The Kier molecular flexibility index (Phi) is 3.79. The lowest BCUT2D eigenvalue weighted by molar-refractivity contribution is 0.0938. The molecule has 1 fully saturated rings. The first kappa shape index (κ1) is 12.1. The Labute approximate surface area is 102 Å². The number of nitrogens with one attached hydrogen (secondary N) is 1. The molecule has 1 aliphatic carbocycles. The van der Waals surface area contributed by atoms with E-state index in [2.05, 4.69) is 5.32 Å². The Morgan fingerprint density at radius 2 is 2.06 bits per heavy atom. The standard InChI is InChI=1S/C14H19NO2/c1-17-10-9-14(7-8-14)11-15-13(16)12-5-3-2-4-6-12/h2-6H,7-11H2,1H3,(H,15,16). The summed E-state index contributed by atoms with van der Waals surface area (Å²) in [5.41, 5.74) is 1.04. The van der Waals surface area contributed by atoms with Crippen molar-refractivity contribution in [3.63, 3.8) is 0 Å². The number of amides is 1. The largest absolute Gasteiger partial charge is 0.385 e. The fraction of sp³-hybridized carbons (Fsp3) is 0.500. The van der Waals surface area contributed by atoms with E-state index >= 15 is 0 Å². The summed E-state index contributed by atoms with van der Waals surface area (Å²) < 4.78 is 5.10. The highest BCUT2D eigenvalue weighted by Crippen LogP contribution is 2.48. The second kappa shape index (κ2) is 5.32. The van der Waals surface area contributed by atoms with Crippen molar-refractivity contribution in [2.24, 2.45) is 5.41 Å². The van der Waals surface area contributed by atoms with Gasteiger partial charge in [-0.25, -0.2) is 0 Å². The summed E-state index contributed by atoms with van der Waals surface area (Å²) in [5.74, 6) is 0.0225. The number of hydrogen-bond acceptors (Lipinski definition) is 2. The highest BCUT2D eigenvalue weighted by atomic mass is 16.5. The quantitative estimate of drug-likeness (QED) is 0.818. The minimum absolute atomic E-state index is 0.0225. The molecule has 0 unspecified atom stereocenters. The van der Waals surface area contributed by atoms with Crippen LogP contribution in [0.2, 0.25) is 0 Å². The predicted molar refractivity (Wildman–Crippen MR) is 66.9 cm³/mol. The summed E-state index contributed by atoms with van der Waals surface area (Å²) in [7, 11) is 1.72. The Hall–Kier alpha value is -1.35. The second-order valence-electron chi connectivity index (χ2n) is 4.79. The fourth-order valence-electron chi connectivity index (χ4n) is 1.97. The fourth-order valence-corrected chi connectivity index (χ4v) is 1.97. The van der Waals surface area contributed by atoms with Gasteiger partial charge in [-0.3, -0.25) is 4.79 Å². The molecule has 1 aromatic rings. The molecule has 3 heteroatoms. The predicted octanol–water partition coefficient (Wildman–Crippen LogP) is 2.23. The van der Waals surface area contributed by atoms with Crippen LogP contribution in [0.1, 0.15) is 29.6 Å². The summed E-state index contributed by atoms with van der Waals surface area (Å²) in [6, 6.07) is 9.35. The van der Waals surface area contributed by atoms with Crippen molar-refractivity contribution in [2.75, 3.05) is 20.3 Å². The summed E-state index contributed by atoms with van der Waals surface area (Å²) >= 11 is 0. The average Bonchev–Trinajstić information content (AvgIpc) is 3.15. The minimum atomic E-state index is 0.0225. The summed E-state index contributed by atoms with van der Waals surface area (Å²) in [4.78, 5) is 11.9. The zero-order valence-corrected chi connectivity index (χ0v) is 10.2. The molecule has 3 nitrogen and oxygen atoms in total. The van der Waals surface area contributed by atoms with E-state index in [9.17, 15) is 4.79 Å². The zero-order valence-electron chi connectivity index (χ0n) is 10.2. The van der Waals surface area contributed by atoms with Crippen LogP contribution in [0.5, 0.6) is 0 Å². The molecule has 0 bridgehead atoms. The molecule has 1 aliphatic rings. The van der Waals surface area contributed by atoms with Crippen molar-refractivity contribution >= 4 is 5.91 Å². The Balaban J connectivity index is 1.81. The van der Waals surface area contributed by atoms with E-state index in [1.165, 1.54) is 12.8 Å². The summed E-state index contributed by atoms with van der Waals surface area (Å²) in [5, 5.41) is 3.02. The maximum Gasteiger partial charge on any atom is 0.251 e. The Morgan fingerprint density at radius 3 is 2.65 bits per heavy atom. The average molecular weight is 233 g/mol. The maximum absolute atomic E-state index is 11.9. The van der Waals surface area contributed by atoms with Crippen LogP contribution in [0.3, 0.4) is 0 Å². The Morgan fingerprint density at radius 1 is 1.35 bits per heavy atom. The molecule has 0 heterocycles. The lowest BCUT2D eigenvalue weighted by Crippen LogP contribution is -2.30. The van der Waals surface area contributed by atoms with Gasteiger partial charge in [-0.2, -0.15) is 0 Å². The molecule has 0 radical (unpaired) electrons. The summed E-state index contributed by atoms with van der Waals surface area (Å²) in [6.07, 6.45) is 3.44. The number of carbonyl (C=O) groups is 1. The highest BCUT2D eigenvalue weighted by molar-refractivity contribution is 5.94. The molecule has 2 rings (SSSR count). The van der Waals surface area contributed by atoms with Gasteiger partial charge in [0.05, 0.1) is 0 Å². The van der Waals surface area contributed by atoms with Gasteiger partial charge >= 0.3 is 0 Å². The number of benzene rings is 1. The van der Waals surface area contributed by atoms with Crippen LogP contribution in [0.4, 0.5) is 0 Å². The highest BCUT2D eigenvalue weighted by Gasteiger charge is 2.42. The van der Waals surface area contributed by atoms with Gasteiger partial charge in [0.15, 0.2) is 0 Å².